The lowest BCUT2D eigenvalue weighted by molar-refractivity contribution is -0.114. The van der Waals surface area contributed by atoms with E-state index in [1.54, 1.807) is 12.1 Å². The average molecular weight is 399 g/mol. The van der Waals surface area contributed by atoms with Crippen molar-refractivity contribution in [1.29, 1.82) is 0 Å². The molecule has 1 aliphatic heterocycles. The zero-order chi connectivity index (χ0) is 15.1. The molecule has 0 fully saturated rings. The van der Waals surface area contributed by atoms with Crippen LogP contribution >= 0.6 is 22.6 Å². The molecule has 106 valence electrons. The van der Waals surface area contributed by atoms with E-state index in [0.717, 1.165) is 26.2 Å². The number of halogens is 3. The van der Waals surface area contributed by atoms with Crippen molar-refractivity contribution in [3.8, 4) is 0 Å². The van der Waals surface area contributed by atoms with E-state index < -0.39 is 28.9 Å². The van der Waals surface area contributed by atoms with E-state index in [4.69, 9.17) is 0 Å². The number of Topliss-reactive ketones (excluding diaryl/α,β-unsaturated/α-hetero) is 1. The first-order valence-electron chi connectivity index (χ1n) is 6.07. The molecule has 0 aromatic heterocycles. The van der Waals surface area contributed by atoms with E-state index in [0.29, 0.717) is 0 Å². The summed E-state index contributed by atoms with van der Waals surface area (Å²) >= 11 is 2.13. The SMILES string of the molecule is O=C1C(=O)N(Cc2ccc(I)cc2)c2c(F)ccc(F)c21. The molecule has 0 N–H and O–H groups in total. The van der Waals surface area contributed by atoms with Crippen molar-refractivity contribution < 1.29 is 18.4 Å². The number of ketones is 1. The Bertz CT molecular complexity index is 759. The fraction of sp³-hybridized carbons (Fsp3) is 0.0667. The van der Waals surface area contributed by atoms with Crippen LogP contribution in [0.3, 0.4) is 0 Å². The molecule has 0 radical (unpaired) electrons. The Morgan fingerprint density at radius 3 is 2.24 bits per heavy atom. The van der Waals surface area contributed by atoms with Crippen LogP contribution in [0.5, 0.6) is 0 Å². The van der Waals surface area contributed by atoms with Gasteiger partial charge in [-0.15, -0.1) is 0 Å². The maximum Gasteiger partial charge on any atom is 0.299 e. The number of carbonyl (C=O) groups excluding carboxylic acids is 2. The number of carbonyl (C=O) groups is 2. The summed E-state index contributed by atoms with van der Waals surface area (Å²) in [6.07, 6.45) is 0. The molecule has 0 saturated heterocycles. The molecule has 0 spiro atoms. The average Bonchev–Trinajstić information content (AvgIpc) is 2.71. The first-order chi connectivity index (χ1) is 9.99. The van der Waals surface area contributed by atoms with E-state index in [1.165, 1.54) is 0 Å². The Kier molecular flexibility index (Phi) is 3.48. The Balaban J connectivity index is 2.05. The third kappa shape index (κ3) is 2.33. The van der Waals surface area contributed by atoms with Crippen LogP contribution in [0, 0.1) is 15.2 Å². The van der Waals surface area contributed by atoms with Crippen molar-refractivity contribution in [3.63, 3.8) is 0 Å². The van der Waals surface area contributed by atoms with Crippen LogP contribution < -0.4 is 4.90 Å². The van der Waals surface area contributed by atoms with Gasteiger partial charge in [0.15, 0.2) is 0 Å². The quantitative estimate of drug-likeness (QED) is 0.574. The van der Waals surface area contributed by atoms with Crippen LogP contribution in [0.4, 0.5) is 14.5 Å². The summed E-state index contributed by atoms with van der Waals surface area (Å²) in [6, 6.07) is 8.99. The first kappa shape index (κ1) is 14.1. The highest BCUT2D eigenvalue weighted by Crippen LogP contribution is 2.34. The molecule has 1 amide bonds. The predicted octanol–water partition coefficient (Wildman–Crippen LogP) is 3.30. The van der Waals surface area contributed by atoms with Gasteiger partial charge in [0, 0.05) is 3.57 Å². The number of anilines is 1. The number of hydrogen-bond donors (Lipinski definition) is 0. The van der Waals surface area contributed by atoms with Gasteiger partial charge >= 0.3 is 0 Å². The number of benzene rings is 2. The second kappa shape index (κ2) is 5.18. The molecular formula is C15H8F2INO2. The minimum atomic E-state index is -1.01. The summed E-state index contributed by atoms with van der Waals surface area (Å²) in [5.41, 5.74) is -0.0258. The minimum Gasteiger partial charge on any atom is -0.297 e. The highest BCUT2D eigenvalue weighted by molar-refractivity contribution is 14.1. The Morgan fingerprint density at radius 2 is 1.57 bits per heavy atom. The van der Waals surface area contributed by atoms with Gasteiger partial charge in [-0.05, 0) is 52.4 Å². The molecule has 3 nitrogen and oxygen atoms in total. The molecule has 3 rings (SSSR count). The van der Waals surface area contributed by atoms with Gasteiger partial charge in [0.05, 0.1) is 17.8 Å². The van der Waals surface area contributed by atoms with E-state index in [1.807, 2.05) is 12.1 Å². The van der Waals surface area contributed by atoms with Crippen LogP contribution in [0.1, 0.15) is 15.9 Å². The van der Waals surface area contributed by atoms with Crippen molar-refractivity contribution in [2.75, 3.05) is 4.90 Å². The maximum absolute atomic E-state index is 13.9. The highest BCUT2D eigenvalue weighted by Gasteiger charge is 2.40. The van der Waals surface area contributed by atoms with Crippen LogP contribution in [0.25, 0.3) is 0 Å². The zero-order valence-corrected chi connectivity index (χ0v) is 12.7. The molecule has 0 bridgehead atoms. The van der Waals surface area contributed by atoms with Crippen molar-refractivity contribution in [1.82, 2.24) is 0 Å². The van der Waals surface area contributed by atoms with Gasteiger partial charge in [-0.3, -0.25) is 14.5 Å². The Hall–Kier alpha value is -1.83. The van der Waals surface area contributed by atoms with Gasteiger partial charge < -0.3 is 0 Å². The van der Waals surface area contributed by atoms with Crippen molar-refractivity contribution in [2.45, 2.75) is 6.54 Å². The largest absolute Gasteiger partial charge is 0.299 e. The molecule has 21 heavy (non-hydrogen) atoms. The maximum atomic E-state index is 13.9. The molecule has 0 unspecified atom stereocenters. The lowest BCUT2D eigenvalue weighted by Gasteiger charge is -2.17. The van der Waals surface area contributed by atoms with E-state index in [9.17, 15) is 18.4 Å². The number of rotatable bonds is 2. The van der Waals surface area contributed by atoms with Crippen molar-refractivity contribution in [2.24, 2.45) is 0 Å². The normalized spacial score (nSPS) is 13.8. The predicted molar refractivity (Wildman–Crippen MR) is 81.0 cm³/mol. The molecule has 0 atom stereocenters. The summed E-state index contributed by atoms with van der Waals surface area (Å²) in [5.74, 6) is -3.58. The molecular weight excluding hydrogens is 391 g/mol. The Morgan fingerprint density at radius 1 is 0.952 bits per heavy atom. The summed E-state index contributed by atoms with van der Waals surface area (Å²) < 4.78 is 28.6. The monoisotopic (exact) mass is 399 g/mol. The first-order valence-corrected chi connectivity index (χ1v) is 7.15. The molecule has 0 saturated carbocycles. The number of hydrogen-bond acceptors (Lipinski definition) is 2. The third-order valence-corrected chi connectivity index (χ3v) is 3.99. The second-order valence-electron chi connectivity index (χ2n) is 4.60. The summed E-state index contributed by atoms with van der Waals surface area (Å²) in [5, 5.41) is 0. The standard InChI is InChI=1S/C15H8F2INO2/c16-10-5-6-11(17)13-12(10)14(20)15(21)19(13)7-8-1-3-9(18)4-2-8/h1-6H,7H2. The van der Waals surface area contributed by atoms with Crippen LogP contribution in [0.15, 0.2) is 36.4 Å². The van der Waals surface area contributed by atoms with Gasteiger partial charge in [0.1, 0.15) is 11.6 Å². The van der Waals surface area contributed by atoms with Gasteiger partial charge in [-0.1, -0.05) is 12.1 Å². The minimum absolute atomic E-state index is 0.0227. The van der Waals surface area contributed by atoms with E-state index in [-0.39, 0.29) is 12.2 Å². The van der Waals surface area contributed by atoms with Gasteiger partial charge in [0.2, 0.25) is 0 Å². The van der Waals surface area contributed by atoms with E-state index in [2.05, 4.69) is 22.6 Å². The summed E-state index contributed by atoms with van der Waals surface area (Å²) in [6.45, 7) is 0.0227. The van der Waals surface area contributed by atoms with E-state index >= 15 is 0 Å². The van der Waals surface area contributed by atoms with Crippen LogP contribution in [-0.4, -0.2) is 11.7 Å². The molecule has 2 aromatic carbocycles. The number of nitrogens with zero attached hydrogens (tertiary/aromatic N) is 1. The molecule has 2 aromatic rings. The fourth-order valence-corrected chi connectivity index (χ4v) is 2.63. The molecule has 6 heteroatoms. The zero-order valence-electron chi connectivity index (χ0n) is 10.6. The third-order valence-electron chi connectivity index (χ3n) is 3.27. The van der Waals surface area contributed by atoms with Crippen molar-refractivity contribution in [3.05, 3.63) is 62.7 Å². The number of amides is 1. The van der Waals surface area contributed by atoms with Crippen LogP contribution in [0.2, 0.25) is 0 Å². The van der Waals surface area contributed by atoms with Gasteiger partial charge in [-0.2, -0.15) is 0 Å². The molecule has 1 aliphatic rings. The fourth-order valence-electron chi connectivity index (χ4n) is 2.28. The second-order valence-corrected chi connectivity index (χ2v) is 5.85. The number of fused-ring (bicyclic) bond motifs is 1. The smallest absolute Gasteiger partial charge is 0.297 e. The molecule has 1 heterocycles. The summed E-state index contributed by atoms with van der Waals surface area (Å²) in [4.78, 5) is 24.8. The van der Waals surface area contributed by atoms with Crippen molar-refractivity contribution >= 4 is 40.0 Å². The van der Waals surface area contributed by atoms with Crippen LogP contribution in [-0.2, 0) is 11.3 Å². The van der Waals surface area contributed by atoms with Gasteiger partial charge in [-0.25, -0.2) is 8.78 Å². The lowest BCUT2D eigenvalue weighted by atomic mass is 10.1. The highest BCUT2D eigenvalue weighted by atomic mass is 127. The summed E-state index contributed by atoms with van der Waals surface area (Å²) in [7, 11) is 0. The molecule has 0 aliphatic carbocycles. The lowest BCUT2D eigenvalue weighted by Crippen LogP contribution is -2.29. The Labute approximate surface area is 132 Å². The van der Waals surface area contributed by atoms with Gasteiger partial charge in [0.25, 0.3) is 11.7 Å². The topological polar surface area (TPSA) is 37.4 Å².